The lowest BCUT2D eigenvalue weighted by atomic mass is 10.1. The van der Waals surface area contributed by atoms with Crippen molar-refractivity contribution in [1.29, 1.82) is 0 Å². The first-order chi connectivity index (χ1) is 13.0. The molecule has 3 heterocycles. The highest BCUT2D eigenvalue weighted by molar-refractivity contribution is 5.93. The van der Waals surface area contributed by atoms with E-state index in [9.17, 15) is 9.59 Å². The summed E-state index contributed by atoms with van der Waals surface area (Å²) in [5.41, 5.74) is 2.61. The van der Waals surface area contributed by atoms with Crippen LogP contribution in [0.4, 0.5) is 5.82 Å². The predicted octanol–water partition coefficient (Wildman–Crippen LogP) is 2.26. The molecule has 7 nitrogen and oxygen atoms in total. The number of pyridine rings is 1. The normalized spacial score (nSPS) is 14.9. The van der Waals surface area contributed by atoms with Gasteiger partial charge in [-0.3, -0.25) is 9.59 Å². The van der Waals surface area contributed by atoms with Crippen LogP contribution in [0.1, 0.15) is 47.1 Å². The molecule has 0 unspecified atom stereocenters. The molecule has 1 aliphatic rings. The summed E-state index contributed by atoms with van der Waals surface area (Å²) >= 11 is 0. The predicted molar refractivity (Wildman–Crippen MR) is 105 cm³/mol. The molecule has 0 aromatic carbocycles. The summed E-state index contributed by atoms with van der Waals surface area (Å²) in [6.45, 7) is 8.46. The molecule has 1 aliphatic heterocycles. The highest BCUT2D eigenvalue weighted by Gasteiger charge is 2.22. The van der Waals surface area contributed by atoms with Crippen LogP contribution in [0.5, 0.6) is 0 Å². The van der Waals surface area contributed by atoms with Crippen LogP contribution < -0.4 is 15.8 Å². The van der Waals surface area contributed by atoms with E-state index in [2.05, 4.69) is 27.1 Å². The Morgan fingerprint density at radius 1 is 1.26 bits per heavy atom. The van der Waals surface area contributed by atoms with Crippen LogP contribution in [-0.2, 0) is 11.3 Å². The first kappa shape index (κ1) is 19.2. The van der Waals surface area contributed by atoms with E-state index in [-0.39, 0.29) is 18.0 Å². The summed E-state index contributed by atoms with van der Waals surface area (Å²) in [6, 6.07) is 6.06. The lowest BCUT2D eigenvalue weighted by Gasteiger charge is -2.34. The summed E-state index contributed by atoms with van der Waals surface area (Å²) in [5, 5.41) is 2.84. The summed E-state index contributed by atoms with van der Waals surface area (Å²) in [6.07, 6.45) is 1.98. The van der Waals surface area contributed by atoms with E-state index < -0.39 is 0 Å². The van der Waals surface area contributed by atoms with Crippen LogP contribution in [0, 0.1) is 13.8 Å². The quantitative estimate of drug-likeness (QED) is 0.725. The number of rotatable bonds is 6. The smallest absolute Gasteiger partial charge is 0.268 e. The topological polar surface area (TPSA) is 90.2 Å². The van der Waals surface area contributed by atoms with Crippen molar-refractivity contribution < 1.29 is 9.53 Å². The standard InChI is InChI=1S/C20H28N4O3/c1-4-24(15-7-9-27-10-8-15)18-6-5-17(23-18)20(26)21-12-16-13(2)11-14(3)22-19(16)25/h5-6,11,15,23H,4,7-10,12H2,1-3H3,(H,21,26)(H,22,25). The average molecular weight is 372 g/mol. The van der Waals surface area contributed by atoms with E-state index in [1.165, 1.54) is 0 Å². The second-order valence-corrected chi connectivity index (χ2v) is 7.01. The molecule has 2 aromatic heterocycles. The van der Waals surface area contributed by atoms with E-state index in [0.717, 1.165) is 49.7 Å². The second kappa shape index (κ2) is 8.43. The van der Waals surface area contributed by atoms with Crippen molar-refractivity contribution in [2.24, 2.45) is 0 Å². The van der Waals surface area contributed by atoms with Crippen LogP contribution in [0.25, 0.3) is 0 Å². The van der Waals surface area contributed by atoms with Crippen LogP contribution in [0.15, 0.2) is 23.0 Å². The molecule has 146 valence electrons. The monoisotopic (exact) mass is 372 g/mol. The number of aromatic amines is 2. The highest BCUT2D eigenvalue weighted by Crippen LogP contribution is 2.22. The minimum Gasteiger partial charge on any atom is -0.381 e. The van der Waals surface area contributed by atoms with Crippen LogP contribution in [-0.4, -0.2) is 41.7 Å². The van der Waals surface area contributed by atoms with E-state index in [4.69, 9.17) is 4.74 Å². The first-order valence-corrected chi connectivity index (χ1v) is 9.50. The van der Waals surface area contributed by atoms with Crippen molar-refractivity contribution in [2.75, 3.05) is 24.7 Å². The van der Waals surface area contributed by atoms with E-state index in [0.29, 0.717) is 17.3 Å². The fourth-order valence-electron chi connectivity index (χ4n) is 3.67. The van der Waals surface area contributed by atoms with Crippen molar-refractivity contribution in [3.8, 4) is 0 Å². The average Bonchev–Trinajstić information content (AvgIpc) is 3.12. The number of nitrogens with one attached hydrogen (secondary N) is 3. The molecule has 0 spiro atoms. The van der Waals surface area contributed by atoms with Crippen molar-refractivity contribution in [3.63, 3.8) is 0 Å². The van der Waals surface area contributed by atoms with Crippen molar-refractivity contribution in [3.05, 3.63) is 51.1 Å². The zero-order chi connectivity index (χ0) is 19.4. The van der Waals surface area contributed by atoms with Gasteiger partial charge in [0.25, 0.3) is 11.5 Å². The lowest BCUT2D eigenvalue weighted by molar-refractivity contribution is 0.0844. The maximum Gasteiger partial charge on any atom is 0.268 e. The van der Waals surface area contributed by atoms with Crippen LogP contribution in [0.2, 0.25) is 0 Å². The van der Waals surface area contributed by atoms with E-state index >= 15 is 0 Å². The zero-order valence-electron chi connectivity index (χ0n) is 16.2. The van der Waals surface area contributed by atoms with Crippen molar-refractivity contribution in [2.45, 2.75) is 46.2 Å². The third-order valence-corrected chi connectivity index (χ3v) is 5.12. The molecule has 27 heavy (non-hydrogen) atoms. The Hall–Kier alpha value is -2.54. The van der Waals surface area contributed by atoms with Gasteiger partial charge in [-0.15, -0.1) is 0 Å². The van der Waals surface area contributed by atoms with Gasteiger partial charge in [0, 0.05) is 43.6 Å². The van der Waals surface area contributed by atoms with E-state index in [1.54, 1.807) is 6.07 Å². The molecule has 1 fully saturated rings. The molecule has 0 atom stereocenters. The number of anilines is 1. The Morgan fingerprint density at radius 3 is 2.67 bits per heavy atom. The van der Waals surface area contributed by atoms with Gasteiger partial charge in [-0.05, 0) is 57.4 Å². The highest BCUT2D eigenvalue weighted by atomic mass is 16.5. The number of ether oxygens (including phenoxy) is 1. The summed E-state index contributed by atoms with van der Waals surface area (Å²) in [5.74, 6) is 0.725. The lowest BCUT2D eigenvalue weighted by Crippen LogP contribution is -2.39. The minimum atomic E-state index is -0.219. The number of hydrogen-bond donors (Lipinski definition) is 3. The van der Waals surface area contributed by atoms with E-state index in [1.807, 2.05) is 26.0 Å². The van der Waals surface area contributed by atoms with Gasteiger partial charge in [0.1, 0.15) is 11.5 Å². The van der Waals surface area contributed by atoms with Crippen LogP contribution in [0.3, 0.4) is 0 Å². The number of aromatic nitrogens is 2. The van der Waals surface area contributed by atoms with Gasteiger partial charge >= 0.3 is 0 Å². The van der Waals surface area contributed by atoms with Gasteiger partial charge < -0.3 is 24.9 Å². The van der Waals surface area contributed by atoms with Gasteiger partial charge in [-0.25, -0.2) is 0 Å². The van der Waals surface area contributed by atoms with Gasteiger partial charge in [0.15, 0.2) is 0 Å². The van der Waals surface area contributed by atoms with Crippen LogP contribution >= 0.6 is 0 Å². The molecule has 1 saturated heterocycles. The van der Waals surface area contributed by atoms with Gasteiger partial charge in [0.05, 0.1) is 0 Å². The number of carbonyl (C=O) groups excluding carboxylic acids is 1. The molecule has 0 radical (unpaired) electrons. The molecule has 2 aromatic rings. The number of carbonyl (C=O) groups is 1. The second-order valence-electron chi connectivity index (χ2n) is 7.01. The molecule has 0 aliphatic carbocycles. The molecular weight excluding hydrogens is 344 g/mol. The Kier molecular flexibility index (Phi) is 6.01. The molecular formula is C20H28N4O3. The molecule has 3 N–H and O–H groups in total. The Bertz CT molecular complexity index is 849. The molecule has 7 heteroatoms. The number of amides is 1. The number of hydrogen-bond acceptors (Lipinski definition) is 4. The van der Waals surface area contributed by atoms with Gasteiger partial charge in [-0.1, -0.05) is 0 Å². The molecule has 3 rings (SSSR count). The minimum absolute atomic E-state index is 0.156. The third kappa shape index (κ3) is 4.42. The Balaban J connectivity index is 1.67. The number of H-pyrrole nitrogens is 2. The van der Waals surface area contributed by atoms with Crippen molar-refractivity contribution in [1.82, 2.24) is 15.3 Å². The summed E-state index contributed by atoms with van der Waals surface area (Å²) in [7, 11) is 0. The molecule has 0 saturated carbocycles. The van der Waals surface area contributed by atoms with Gasteiger partial charge in [-0.2, -0.15) is 0 Å². The summed E-state index contributed by atoms with van der Waals surface area (Å²) in [4.78, 5) is 32.9. The summed E-state index contributed by atoms with van der Waals surface area (Å²) < 4.78 is 5.45. The third-order valence-electron chi connectivity index (χ3n) is 5.12. The fourth-order valence-corrected chi connectivity index (χ4v) is 3.67. The Morgan fingerprint density at radius 2 is 2.00 bits per heavy atom. The van der Waals surface area contributed by atoms with Gasteiger partial charge in [0.2, 0.25) is 0 Å². The van der Waals surface area contributed by atoms with Crippen molar-refractivity contribution >= 4 is 11.7 Å². The Labute approximate surface area is 159 Å². The molecule has 0 bridgehead atoms. The maximum absolute atomic E-state index is 12.5. The molecule has 1 amide bonds. The zero-order valence-corrected chi connectivity index (χ0v) is 16.2. The number of aryl methyl sites for hydroxylation is 2. The number of nitrogens with zero attached hydrogens (tertiary/aromatic N) is 1. The largest absolute Gasteiger partial charge is 0.381 e. The fraction of sp³-hybridized carbons (Fsp3) is 0.500. The first-order valence-electron chi connectivity index (χ1n) is 9.50. The SMILES string of the molecule is CCN(c1ccc(C(=O)NCc2c(C)cc(C)[nH]c2=O)[nH]1)C1CCOCC1. The maximum atomic E-state index is 12.5.